The molecule has 3 aromatic rings. The highest BCUT2D eigenvalue weighted by molar-refractivity contribution is 5.91. The number of nitriles is 1. The number of rotatable bonds is 9. The van der Waals surface area contributed by atoms with Gasteiger partial charge in [0.25, 0.3) is 0 Å². The van der Waals surface area contributed by atoms with E-state index in [9.17, 15) is 10.1 Å². The van der Waals surface area contributed by atoms with Crippen molar-refractivity contribution in [1.82, 2.24) is 0 Å². The molecule has 1 atom stereocenters. The van der Waals surface area contributed by atoms with Gasteiger partial charge in [-0.3, -0.25) is 0 Å². The van der Waals surface area contributed by atoms with E-state index in [0.717, 1.165) is 30.4 Å². The molecule has 0 aliphatic carbocycles. The monoisotopic (exact) mass is 484 g/mol. The molecule has 4 rings (SSSR count). The summed E-state index contributed by atoms with van der Waals surface area (Å²) < 4.78 is 22.8. The zero-order valence-corrected chi connectivity index (χ0v) is 20.3. The Morgan fingerprint density at radius 1 is 1.06 bits per heavy atom. The number of nitrogens with two attached hydrogens (primary N) is 1. The minimum atomic E-state index is -0.485. The van der Waals surface area contributed by atoms with E-state index in [-0.39, 0.29) is 11.5 Å². The van der Waals surface area contributed by atoms with E-state index in [1.165, 1.54) is 0 Å². The Bertz CT molecular complexity index is 1310. The summed E-state index contributed by atoms with van der Waals surface area (Å²) in [6.07, 6.45) is 3.17. The maximum atomic E-state index is 12.5. The van der Waals surface area contributed by atoms with Crippen LogP contribution in [0.1, 0.15) is 53.6 Å². The van der Waals surface area contributed by atoms with Gasteiger partial charge >= 0.3 is 5.97 Å². The van der Waals surface area contributed by atoms with Crippen LogP contribution in [0.3, 0.4) is 0 Å². The van der Waals surface area contributed by atoms with Crippen LogP contribution in [0, 0.1) is 11.3 Å². The van der Waals surface area contributed by atoms with E-state index >= 15 is 0 Å². The average molecular weight is 485 g/mol. The normalized spacial score (nSPS) is 14.3. The van der Waals surface area contributed by atoms with Crippen LogP contribution in [0.25, 0.3) is 0 Å². The Kier molecular flexibility index (Phi) is 7.76. The highest BCUT2D eigenvalue weighted by atomic mass is 16.5. The largest absolute Gasteiger partial charge is 0.493 e. The number of benzene rings is 3. The number of nitrogens with zero attached hydrogens (tertiary/aromatic N) is 1. The lowest BCUT2D eigenvalue weighted by atomic mass is 9.83. The van der Waals surface area contributed by atoms with Crippen molar-refractivity contribution in [2.75, 3.05) is 13.7 Å². The van der Waals surface area contributed by atoms with Crippen molar-refractivity contribution >= 4 is 5.97 Å². The second-order valence-electron chi connectivity index (χ2n) is 8.35. The summed E-state index contributed by atoms with van der Waals surface area (Å²) in [6, 6.07) is 21.5. The van der Waals surface area contributed by atoms with Crippen LogP contribution in [0.4, 0.5) is 0 Å². The fourth-order valence-electron chi connectivity index (χ4n) is 4.10. The van der Waals surface area contributed by atoms with E-state index in [4.69, 9.17) is 24.7 Å². The van der Waals surface area contributed by atoms with Gasteiger partial charge in [-0.2, -0.15) is 5.26 Å². The smallest absolute Gasteiger partial charge is 0.343 e. The summed E-state index contributed by atoms with van der Waals surface area (Å²) in [5, 5.41) is 9.87. The third-order valence-electron chi connectivity index (χ3n) is 5.94. The first-order chi connectivity index (χ1) is 17.5. The topological polar surface area (TPSA) is 104 Å². The third kappa shape index (κ3) is 5.28. The van der Waals surface area contributed by atoms with Gasteiger partial charge in [0.15, 0.2) is 11.5 Å². The molecule has 0 fully saturated rings. The van der Waals surface area contributed by atoms with Crippen LogP contribution >= 0.6 is 0 Å². The number of hydrogen-bond donors (Lipinski definition) is 1. The Hall–Kier alpha value is -4.44. The van der Waals surface area contributed by atoms with Gasteiger partial charge in [0.1, 0.15) is 23.1 Å². The van der Waals surface area contributed by atoms with Crippen LogP contribution in [0.5, 0.6) is 23.0 Å². The predicted molar refractivity (Wildman–Crippen MR) is 135 cm³/mol. The van der Waals surface area contributed by atoms with Crippen molar-refractivity contribution in [3.63, 3.8) is 0 Å². The molecule has 0 amide bonds. The van der Waals surface area contributed by atoms with Gasteiger partial charge in [-0.25, -0.2) is 4.79 Å². The summed E-state index contributed by atoms with van der Waals surface area (Å²) in [7, 11) is 1.58. The fraction of sp³-hybridized carbons (Fsp3) is 0.241. The maximum absolute atomic E-state index is 12.5. The Balaban J connectivity index is 1.64. The van der Waals surface area contributed by atoms with Gasteiger partial charge in [-0.1, -0.05) is 50.1 Å². The number of carbonyl (C=O) groups is 1. The molecule has 0 aromatic heterocycles. The zero-order valence-electron chi connectivity index (χ0n) is 20.3. The molecule has 0 saturated heterocycles. The first kappa shape index (κ1) is 24.7. The quantitative estimate of drug-likeness (QED) is 0.236. The van der Waals surface area contributed by atoms with Crippen molar-refractivity contribution < 1.29 is 23.7 Å². The second-order valence-corrected chi connectivity index (χ2v) is 8.35. The molecule has 7 nitrogen and oxygen atoms in total. The summed E-state index contributed by atoms with van der Waals surface area (Å²) in [6.45, 7) is 2.74. The summed E-state index contributed by atoms with van der Waals surface area (Å²) in [4.78, 5) is 12.5. The van der Waals surface area contributed by atoms with Crippen LogP contribution in [0.2, 0.25) is 0 Å². The lowest BCUT2D eigenvalue weighted by molar-refractivity contribution is 0.0734. The molecule has 2 N–H and O–H groups in total. The molecule has 36 heavy (non-hydrogen) atoms. The van der Waals surface area contributed by atoms with Gasteiger partial charge in [0.2, 0.25) is 5.88 Å². The van der Waals surface area contributed by atoms with Gasteiger partial charge < -0.3 is 24.7 Å². The third-order valence-corrected chi connectivity index (χ3v) is 5.94. The number of hydrogen-bond acceptors (Lipinski definition) is 7. The van der Waals surface area contributed by atoms with E-state index < -0.39 is 11.9 Å². The second kappa shape index (κ2) is 11.3. The summed E-state index contributed by atoms with van der Waals surface area (Å²) in [5.41, 5.74) is 8.38. The Morgan fingerprint density at radius 2 is 1.86 bits per heavy atom. The van der Waals surface area contributed by atoms with Crippen molar-refractivity contribution in [2.45, 2.75) is 32.1 Å². The minimum absolute atomic E-state index is 0.000366. The molecule has 0 bridgehead atoms. The number of esters is 1. The van der Waals surface area contributed by atoms with E-state index in [2.05, 4.69) is 13.0 Å². The van der Waals surface area contributed by atoms with Gasteiger partial charge in [-0.05, 0) is 42.3 Å². The van der Waals surface area contributed by atoms with Crippen molar-refractivity contribution in [3.8, 4) is 29.1 Å². The predicted octanol–water partition coefficient (Wildman–Crippen LogP) is 5.70. The van der Waals surface area contributed by atoms with E-state index in [0.29, 0.717) is 35.2 Å². The molecule has 7 heteroatoms. The molecule has 0 radical (unpaired) electrons. The van der Waals surface area contributed by atoms with Crippen LogP contribution in [0.15, 0.2) is 78.2 Å². The number of allylic oxidation sites excluding steroid dienone is 1. The molecular weight excluding hydrogens is 456 g/mol. The first-order valence-corrected chi connectivity index (χ1v) is 11.8. The fourth-order valence-corrected chi connectivity index (χ4v) is 4.10. The average Bonchev–Trinajstić information content (AvgIpc) is 2.90. The molecule has 1 heterocycles. The van der Waals surface area contributed by atoms with Crippen molar-refractivity contribution in [3.05, 3.63) is 94.9 Å². The molecule has 0 saturated carbocycles. The Labute approximate surface area is 210 Å². The molecule has 1 unspecified atom stereocenters. The highest BCUT2D eigenvalue weighted by Crippen LogP contribution is 2.45. The molecule has 1 aliphatic heterocycles. The standard InChI is InChI=1S/C29H28N2O5/c1-3-4-8-15-34-24-14-11-20(16-26(24)33-2)27-22-13-12-21(17-25(22)36-28(31)23(27)18-30)35-29(32)19-9-6-5-7-10-19/h5-7,9-14,16-17,27H,3-4,8,15,31H2,1-2H3. The number of carbonyl (C=O) groups excluding carboxylic acids is 1. The molecule has 3 aromatic carbocycles. The minimum Gasteiger partial charge on any atom is -0.493 e. The lowest BCUT2D eigenvalue weighted by Crippen LogP contribution is -2.21. The highest BCUT2D eigenvalue weighted by Gasteiger charge is 2.31. The molecule has 0 spiro atoms. The van der Waals surface area contributed by atoms with E-state index in [1.54, 1.807) is 49.6 Å². The van der Waals surface area contributed by atoms with Crippen molar-refractivity contribution in [1.29, 1.82) is 5.26 Å². The van der Waals surface area contributed by atoms with E-state index in [1.807, 2.05) is 24.3 Å². The SMILES string of the molecule is CCCCCOc1ccc(C2C(C#N)=C(N)Oc3cc(OC(=O)c4ccccc4)ccc32)cc1OC. The zero-order chi connectivity index (χ0) is 25.5. The van der Waals surface area contributed by atoms with Gasteiger partial charge in [0, 0.05) is 11.6 Å². The molecule has 1 aliphatic rings. The molecular formula is C29H28N2O5. The number of unbranched alkanes of at least 4 members (excludes halogenated alkanes) is 2. The summed E-state index contributed by atoms with van der Waals surface area (Å²) in [5.74, 6) is 0.964. The number of fused-ring (bicyclic) bond motifs is 1. The maximum Gasteiger partial charge on any atom is 0.343 e. The van der Waals surface area contributed by atoms with Crippen LogP contribution in [-0.2, 0) is 0 Å². The van der Waals surface area contributed by atoms with Crippen LogP contribution in [-0.4, -0.2) is 19.7 Å². The Morgan fingerprint density at radius 3 is 2.58 bits per heavy atom. The summed E-state index contributed by atoms with van der Waals surface area (Å²) >= 11 is 0. The number of ether oxygens (including phenoxy) is 4. The lowest BCUT2D eigenvalue weighted by Gasteiger charge is -2.27. The molecule has 184 valence electrons. The van der Waals surface area contributed by atoms with Gasteiger partial charge in [0.05, 0.1) is 25.2 Å². The van der Waals surface area contributed by atoms with Crippen LogP contribution < -0.4 is 24.7 Å². The number of methoxy groups -OCH3 is 1. The van der Waals surface area contributed by atoms with Crippen molar-refractivity contribution in [2.24, 2.45) is 5.73 Å². The van der Waals surface area contributed by atoms with Gasteiger partial charge in [-0.15, -0.1) is 0 Å². The first-order valence-electron chi connectivity index (χ1n) is 11.8.